The number of halogens is 1. The number of rotatable bonds is 3. The molecule has 0 radical (unpaired) electrons. The Morgan fingerprint density at radius 1 is 1.40 bits per heavy atom. The van der Waals surface area contributed by atoms with Crippen LogP contribution in [-0.4, -0.2) is 33.9 Å². The summed E-state index contributed by atoms with van der Waals surface area (Å²) >= 11 is 6.03. The van der Waals surface area contributed by atoms with Crippen LogP contribution in [0.25, 0.3) is 5.69 Å². The van der Waals surface area contributed by atoms with E-state index in [1.807, 2.05) is 0 Å². The van der Waals surface area contributed by atoms with Gasteiger partial charge in [-0.2, -0.15) is 5.10 Å². The summed E-state index contributed by atoms with van der Waals surface area (Å²) in [7, 11) is 1.28. The monoisotopic (exact) mass is 294 g/mol. The minimum Gasteiger partial charge on any atom is -0.478 e. The molecule has 6 nitrogen and oxygen atoms in total. The number of aromatic nitrogens is 2. The topological polar surface area (TPSA) is 81.4 Å². The molecule has 1 aromatic carbocycles. The number of aryl methyl sites for hydroxylation is 1. The van der Waals surface area contributed by atoms with Gasteiger partial charge in [-0.25, -0.2) is 14.3 Å². The molecule has 2 aromatic rings. The average molecular weight is 295 g/mol. The van der Waals surface area contributed by atoms with Crippen molar-refractivity contribution in [3.8, 4) is 5.69 Å². The van der Waals surface area contributed by atoms with Crippen molar-refractivity contribution in [2.75, 3.05) is 7.11 Å². The Morgan fingerprint density at radius 2 is 2.10 bits per heavy atom. The molecule has 0 saturated heterocycles. The molecule has 7 heteroatoms. The Kier molecular flexibility index (Phi) is 3.76. The van der Waals surface area contributed by atoms with Gasteiger partial charge in [-0.3, -0.25) is 0 Å². The van der Waals surface area contributed by atoms with Crippen molar-refractivity contribution < 1.29 is 19.4 Å². The number of carboxylic acids is 1. The first kappa shape index (κ1) is 14.1. The maximum Gasteiger partial charge on any atom is 0.340 e. The number of methoxy groups -OCH3 is 1. The lowest BCUT2D eigenvalue weighted by atomic mass is 10.2. The molecule has 0 unspecified atom stereocenters. The highest BCUT2D eigenvalue weighted by molar-refractivity contribution is 6.32. The van der Waals surface area contributed by atoms with Crippen LogP contribution in [-0.2, 0) is 4.74 Å². The molecule has 1 heterocycles. The predicted molar refractivity (Wildman–Crippen MR) is 71.6 cm³/mol. The van der Waals surface area contributed by atoms with E-state index in [-0.39, 0.29) is 10.7 Å². The van der Waals surface area contributed by atoms with E-state index in [1.54, 1.807) is 25.1 Å². The minimum atomic E-state index is -1.15. The molecule has 20 heavy (non-hydrogen) atoms. The molecule has 0 bridgehead atoms. The fourth-order valence-corrected chi connectivity index (χ4v) is 2.15. The van der Waals surface area contributed by atoms with Crippen molar-refractivity contribution in [2.45, 2.75) is 6.92 Å². The number of carbonyl (C=O) groups is 2. The van der Waals surface area contributed by atoms with Crippen LogP contribution in [0.1, 0.15) is 26.4 Å². The summed E-state index contributed by atoms with van der Waals surface area (Å²) < 4.78 is 5.90. The number of esters is 1. The van der Waals surface area contributed by atoms with Crippen LogP contribution >= 0.6 is 11.6 Å². The van der Waals surface area contributed by atoms with Gasteiger partial charge in [0.05, 0.1) is 24.1 Å². The summed E-state index contributed by atoms with van der Waals surface area (Å²) in [5, 5.41) is 13.1. The second-order valence-electron chi connectivity index (χ2n) is 4.01. The number of carbonyl (C=O) groups excluding carboxylic acids is 1. The summed E-state index contributed by atoms with van der Waals surface area (Å²) in [6.07, 6.45) is 0. The van der Waals surface area contributed by atoms with E-state index in [9.17, 15) is 9.59 Å². The summed E-state index contributed by atoms with van der Waals surface area (Å²) in [6, 6.07) is 6.40. The molecule has 0 amide bonds. The molecule has 0 spiro atoms. The molecule has 1 N–H and O–H groups in total. The molecule has 104 valence electrons. The van der Waals surface area contributed by atoms with E-state index in [0.717, 1.165) is 0 Å². The normalized spacial score (nSPS) is 10.3. The first-order chi connectivity index (χ1) is 9.45. The highest BCUT2D eigenvalue weighted by Gasteiger charge is 2.20. The zero-order valence-electron chi connectivity index (χ0n) is 10.8. The lowest BCUT2D eigenvalue weighted by Crippen LogP contribution is -2.04. The molecule has 0 aliphatic heterocycles. The van der Waals surface area contributed by atoms with E-state index in [0.29, 0.717) is 16.9 Å². The van der Waals surface area contributed by atoms with Gasteiger partial charge in [0, 0.05) is 0 Å². The molecule has 0 aliphatic carbocycles. The number of hydrogen-bond donors (Lipinski definition) is 1. The molecule has 0 aliphatic rings. The molecular weight excluding hydrogens is 284 g/mol. The lowest BCUT2D eigenvalue weighted by molar-refractivity contribution is 0.0599. The van der Waals surface area contributed by atoms with Gasteiger partial charge >= 0.3 is 11.9 Å². The zero-order valence-corrected chi connectivity index (χ0v) is 11.5. The molecular formula is C13H11ClN2O4. The highest BCUT2D eigenvalue weighted by atomic mass is 35.5. The Balaban J connectivity index is 2.55. The largest absolute Gasteiger partial charge is 0.478 e. The molecule has 0 fully saturated rings. The second-order valence-corrected chi connectivity index (χ2v) is 4.37. The van der Waals surface area contributed by atoms with E-state index in [1.165, 1.54) is 17.9 Å². The van der Waals surface area contributed by atoms with Crippen LogP contribution in [0.15, 0.2) is 24.3 Å². The zero-order chi connectivity index (χ0) is 14.9. The number of hydrogen-bond acceptors (Lipinski definition) is 4. The van der Waals surface area contributed by atoms with Crippen molar-refractivity contribution >= 4 is 23.5 Å². The van der Waals surface area contributed by atoms with Crippen molar-refractivity contribution in [1.82, 2.24) is 9.78 Å². The minimum absolute atomic E-state index is 0.0167. The first-order valence-corrected chi connectivity index (χ1v) is 6.00. The third-order valence-corrected chi connectivity index (χ3v) is 3.08. The Bertz CT molecular complexity index is 694. The quantitative estimate of drug-likeness (QED) is 0.879. The molecule has 2 rings (SSSR count). The first-order valence-electron chi connectivity index (χ1n) is 5.63. The van der Waals surface area contributed by atoms with Crippen molar-refractivity contribution in [3.05, 3.63) is 46.2 Å². The van der Waals surface area contributed by atoms with Crippen molar-refractivity contribution in [3.63, 3.8) is 0 Å². The predicted octanol–water partition coefficient (Wildman–Crippen LogP) is 2.32. The van der Waals surface area contributed by atoms with Crippen LogP contribution in [0, 0.1) is 6.92 Å². The Morgan fingerprint density at radius 3 is 2.65 bits per heavy atom. The van der Waals surface area contributed by atoms with Crippen molar-refractivity contribution in [2.24, 2.45) is 0 Å². The van der Waals surface area contributed by atoms with E-state index < -0.39 is 11.9 Å². The van der Waals surface area contributed by atoms with Gasteiger partial charge in [0.15, 0.2) is 0 Å². The number of carboxylic acid groups (broad SMARTS) is 1. The number of ether oxygens (including phenoxy) is 1. The van der Waals surface area contributed by atoms with E-state index in [2.05, 4.69) is 9.84 Å². The summed E-state index contributed by atoms with van der Waals surface area (Å²) in [5.41, 5.74) is 1.04. The van der Waals surface area contributed by atoms with Gasteiger partial charge in [0.25, 0.3) is 0 Å². The third kappa shape index (κ3) is 2.37. The van der Waals surface area contributed by atoms with Crippen LogP contribution in [0.4, 0.5) is 0 Å². The van der Waals surface area contributed by atoms with Gasteiger partial charge in [-0.15, -0.1) is 0 Å². The van der Waals surface area contributed by atoms with Gasteiger partial charge < -0.3 is 9.84 Å². The van der Waals surface area contributed by atoms with Gasteiger partial charge in [0.2, 0.25) is 0 Å². The van der Waals surface area contributed by atoms with E-state index in [4.69, 9.17) is 16.7 Å². The maximum atomic E-state index is 11.5. The number of benzene rings is 1. The Hall–Kier alpha value is -2.34. The summed E-state index contributed by atoms with van der Waals surface area (Å²) in [5.74, 6) is -1.65. The van der Waals surface area contributed by atoms with Crippen LogP contribution in [0.2, 0.25) is 5.15 Å². The van der Waals surface area contributed by atoms with Crippen LogP contribution in [0.3, 0.4) is 0 Å². The van der Waals surface area contributed by atoms with Gasteiger partial charge in [-0.05, 0) is 25.1 Å². The third-order valence-electron chi connectivity index (χ3n) is 2.73. The van der Waals surface area contributed by atoms with E-state index >= 15 is 0 Å². The van der Waals surface area contributed by atoms with Gasteiger partial charge in [-0.1, -0.05) is 17.7 Å². The number of nitrogens with zero attached hydrogens (tertiary/aromatic N) is 2. The standard InChI is InChI=1S/C13H11ClN2O4/c1-7-10(12(17)18)11(14)16(15-7)9-5-3-4-8(6-9)13(19)20-2/h3-6H,1-2H3,(H,17,18). The fourth-order valence-electron chi connectivity index (χ4n) is 1.80. The van der Waals surface area contributed by atoms with Crippen LogP contribution in [0.5, 0.6) is 0 Å². The average Bonchev–Trinajstić information content (AvgIpc) is 2.73. The van der Waals surface area contributed by atoms with Crippen molar-refractivity contribution in [1.29, 1.82) is 0 Å². The fraction of sp³-hybridized carbons (Fsp3) is 0.154. The number of aromatic carboxylic acids is 1. The molecule has 1 aromatic heterocycles. The van der Waals surface area contributed by atoms with Crippen LogP contribution < -0.4 is 0 Å². The lowest BCUT2D eigenvalue weighted by Gasteiger charge is -2.05. The Labute approximate surface area is 119 Å². The summed E-state index contributed by atoms with van der Waals surface area (Å²) in [6.45, 7) is 1.55. The summed E-state index contributed by atoms with van der Waals surface area (Å²) in [4.78, 5) is 22.6. The maximum absolute atomic E-state index is 11.5. The van der Waals surface area contributed by atoms with Gasteiger partial charge in [0.1, 0.15) is 10.7 Å². The molecule has 0 saturated carbocycles. The molecule has 0 atom stereocenters. The smallest absolute Gasteiger partial charge is 0.340 e. The SMILES string of the molecule is COC(=O)c1cccc(-n2nc(C)c(C(=O)O)c2Cl)c1. The second kappa shape index (κ2) is 5.34. The highest BCUT2D eigenvalue weighted by Crippen LogP contribution is 2.24.